The molecule has 1 aromatic carbocycles. The lowest BCUT2D eigenvalue weighted by atomic mass is 9.89. The number of nitrogens with zero attached hydrogens (tertiary/aromatic N) is 1. The molecule has 3 rings (SSSR count). The van der Waals surface area contributed by atoms with Crippen molar-refractivity contribution in [1.29, 1.82) is 0 Å². The number of carbonyl (C=O) groups is 2. The number of ketones is 1. The number of anilines is 1. The lowest BCUT2D eigenvalue weighted by Crippen LogP contribution is -2.40. The first-order valence-corrected chi connectivity index (χ1v) is 7.92. The molecule has 2 heterocycles. The standard InChI is InChI=1S/C16H14ClNO3S/c1-9-3-6-14(22-9)13(19)8-16(21)11-7-10(17)4-5-12(11)18(2)15(16)20/h3-7,21H,8H2,1-2H3. The molecule has 1 aromatic heterocycles. The van der Waals surface area contributed by atoms with Crippen molar-refractivity contribution in [3.63, 3.8) is 0 Å². The molecule has 0 fully saturated rings. The first-order valence-electron chi connectivity index (χ1n) is 6.73. The molecule has 1 atom stereocenters. The second-order valence-electron chi connectivity index (χ2n) is 5.40. The van der Waals surface area contributed by atoms with Crippen LogP contribution in [0.25, 0.3) is 0 Å². The van der Waals surface area contributed by atoms with Crippen LogP contribution >= 0.6 is 22.9 Å². The van der Waals surface area contributed by atoms with E-state index in [1.54, 1.807) is 31.3 Å². The van der Waals surface area contributed by atoms with Crippen LogP contribution in [0.2, 0.25) is 5.02 Å². The molecule has 0 aliphatic carbocycles. The molecule has 0 saturated heterocycles. The van der Waals surface area contributed by atoms with E-state index in [1.807, 2.05) is 13.0 Å². The molecule has 1 aliphatic heterocycles. The number of likely N-dealkylation sites (N-methyl/N-ethyl adjacent to an activating group) is 1. The highest BCUT2D eigenvalue weighted by Gasteiger charge is 2.49. The van der Waals surface area contributed by atoms with Gasteiger partial charge in [0.05, 0.1) is 17.0 Å². The highest BCUT2D eigenvalue weighted by atomic mass is 35.5. The van der Waals surface area contributed by atoms with Crippen LogP contribution < -0.4 is 4.90 Å². The zero-order valence-corrected chi connectivity index (χ0v) is 13.7. The Morgan fingerprint density at radius 1 is 1.36 bits per heavy atom. The van der Waals surface area contributed by atoms with Gasteiger partial charge in [0.15, 0.2) is 11.4 Å². The van der Waals surface area contributed by atoms with Gasteiger partial charge in [0.2, 0.25) is 0 Å². The molecule has 0 radical (unpaired) electrons. The number of Topliss-reactive ketones (excluding diaryl/α,β-unsaturated/α-hetero) is 1. The summed E-state index contributed by atoms with van der Waals surface area (Å²) in [6.07, 6.45) is -0.288. The molecule has 0 spiro atoms. The van der Waals surface area contributed by atoms with Crippen molar-refractivity contribution in [3.8, 4) is 0 Å². The highest BCUT2D eigenvalue weighted by Crippen LogP contribution is 2.43. The van der Waals surface area contributed by atoms with Crippen LogP contribution in [0.5, 0.6) is 0 Å². The Hall–Kier alpha value is -1.69. The van der Waals surface area contributed by atoms with E-state index in [-0.39, 0.29) is 12.2 Å². The molecular formula is C16H14ClNO3S. The largest absolute Gasteiger partial charge is 0.375 e. The molecule has 1 unspecified atom stereocenters. The van der Waals surface area contributed by atoms with Gasteiger partial charge < -0.3 is 10.0 Å². The topological polar surface area (TPSA) is 57.6 Å². The Morgan fingerprint density at radius 3 is 2.73 bits per heavy atom. The minimum Gasteiger partial charge on any atom is -0.375 e. The fourth-order valence-corrected chi connectivity index (χ4v) is 3.69. The third-order valence-corrected chi connectivity index (χ3v) is 5.13. The van der Waals surface area contributed by atoms with Gasteiger partial charge in [-0.3, -0.25) is 9.59 Å². The Kier molecular flexibility index (Phi) is 3.59. The van der Waals surface area contributed by atoms with Crippen molar-refractivity contribution in [2.75, 3.05) is 11.9 Å². The average Bonchev–Trinajstić information content (AvgIpc) is 2.98. The molecule has 22 heavy (non-hydrogen) atoms. The highest BCUT2D eigenvalue weighted by molar-refractivity contribution is 7.14. The number of aliphatic hydroxyl groups is 1. The van der Waals surface area contributed by atoms with Gasteiger partial charge >= 0.3 is 0 Å². The van der Waals surface area contributed by atoms with Crippen molar-refractivity contribution >= 4 is 40.3 Å². The number of fused-ring (bicyclic) bond motifs is 1. The van der Waals surface area contributed by atoms with Crippen LogP contribution in [0.15, 0.2) is 30.3 Å². The first kappa shape index (κ1) is 15.2. The zero-order valence-electron chi connectivity index (χ0n) is 12.1. The van der Waals surface area contributed by atoms with Crippen LogP contribution in [-0.2, 0) is 10.4 Å². The summed E-state index contributed by atoms with van der Waals surface area (Å²) in [4.78, 5) is 27.8. The summed E-state index contributed by atoms with van der Waals surface area (Å²) in [5.74, 6) is -0.762. The number of aryl methyl sites for hydroxylation is 1. The summed E-state index contributed by atoms with van der Waals surface area (Å²) in [7, 11) is 1.58. The second-order valence-corrected chi connectivity index (χ2v) is 7.12. The SMILES string of the molecule is Cc1ccc(C(=O)CC2(O)C(=O)N(C)c3ccc(Cl)cc32)s1. The van der Waals surface area contributed by atoms with Gasteiger partial charge in [-0.1, -0.05) is 11.6 Å². The van der Waals surface area contributed by atoms with E-state index >= 15 is 0 Å². The lowest BCUT2D eigenvalue weighted by Gasteiger charge is -2.20. The van der Waals surface area contributed by atoms with Gasteiger partial charge in [0.1, 0.15) is 0 Å². The number of benzene rings is 1. The second kappa shape index (κ2) is 5.19. The third-order valence-electron chi connectivity index (χ3n) is 3.86. The van der Waals surface area contributed by atoms with Gasteiger partial charge in [-0.25, -0.2) is 0 Å². The summed E-state index contributed by atoms with van der Waals surface area (Å²) < 4.78 is 0. The number of hydrogen-bond acceptors (Lipinski definition) is 4. The predicted molar refractivity (Wildman–Crippen MR) is 86.8 cm³/mol. The monoisotopic (exact) mass is 335 g/mol. The summed E-state index contributed by atoms with van der Waals surface area (Å²) in [6.45, 7) is 1.90. The Balaban J connectivity index is 2.00. The maximum atomic E-state index is 12.5. The minimum absolute atomic E-state index is 0.254. The smallest absolute Gasteiger partial charge is 0.263 e. The van der Waals surface area contributed by atoms with Crippen LogP contribution in [0.3, 0.4) is 0 Å². The average molecular weight is 336 g/mol. The maximum Gasteiger partial charge on any atom is 0.263 e. The number of thiophene rings is 1. The molecular weight excluding hydrogens is 322 g/mol. The summed E-state index contributed by atoms with van der Waals surface area (Å²) in [6, 6.07) is 8.43. The fourth-order valence-electron chi connectivity index (χ4n) is 2.71. The summed E-state index contributed by atoms with van der Waals surface area (Å²) in [5.41, 5.74) is -0.898. The maximum absolute atomic E-state index is 12.5. The van der Waals surface area contributed by atoms with Crippen LogP contribution in [-0.4, -0.2) is 23.8 Å². The number of halogens is 1. The van der Waals surface area contributed by atoms with E-state index in [0.29, 0.717) is 21.2 Å². The van der Waals surface area contributed by atoms with Gasteiger partial charge in [-0.15, -0.1) is 11.3 Å². The Bertz CT molecular complexity index is 785. The quantitative estimate of drug-likeness (QED) is 0.877. The molecule has 0 saturated carbocycles. The van der Waals surface area contributed by atoms with Crippen LogP contribution in [0.4, 0.5) is 5.69 Å². The Morgan fingerprint density at radius 2 is 2.09 bits per heavy atom. The predicted octanol–water partition coefficient (Wildman–Crippen LogP) is 3.15. The van der Waals surface area contributed by atoms with Gasteiger partial charge in [0, 0.05) is 22.5 Å². The molecule has 2 aromatic rings. The molecule has 114 valence electrons. The molecule has 4 nitrogen and oxygen atoms in total. The van der Waals surface area contributed by atoms with E-state index in [4.69, 9.17) is 11.6 Å². The molecule has 6 heteroatoms. The van der Waals surface area contributed by atoms with Crippen molar-refractivity contribution in [2.24, 2.45) is 0 Å². The van der Waals surface area contributed by atoms with Crippen molar-refractivity contribution in [1.82, 2.24) is 0 Å². The normalized spacial score (nSPS) is 20.4. The van der Waals surface area contributed by atoms with Crippen LogP contribution in [0.1, 0.15) is 26.5 Å². The van der Waals surface area contributed by atoms with E-state index in [9.17, 15) is 14.7 Å². The van der Waals surface area contributed by atoms with Crippen molar-refractivity contribution < 1.29 is 14.7 Å². The minimum atomic E-state index is -1.86. The number of amides is 1. The van der Waals surface area contributed by atoms with Gasteiger partial charge in [-0.2, -0.15) is 0 Å². The number of hydrogen-bond donors (Lipinski definition) is 1. The molecule has 1 amide bonds. The van der Waals surface area contributed by atoms with E-state index in [2.05, 4.69) is 0 Å². The van der Waals surface area contributed by atoms with Crippen molar-refractivity contribution in [3.05, 3.63) is 50.7 Å². The van der Waals surface area contributed by atoms with E-state index < -0.39 is 11.5 Å². The molecule has 1 N–H and O–H groups in total. The third kappa shape index (κ3) is 2.26. The number of carbonyl (C=O) groups excluding carboxylic acids is 2. The van der Waals surface area contributed by atoms with Crippen molar-refractivity contribution in [2.45, 2.75) is 18.9 Å². The van der Waals surface area contributed by atoms with Crippen LogP contribution in [0, 0.1) is 6.92 Å². The van der Waals surface area contributed by atoms with E-state index in [0.717, 1.165) is 4.88 Å². The lowest BCUT2D eigenvalue weighted by molar-refractivity contribution is -0.135. The summed E-state index contributed by atoms with van der Waals surface area (Å²) in [5, 5.41) is 11.3. The first-order chi connectivity index (χ1) is 10.3. The molecule has 1 aliphatic rings. The zero-order chi connectivity index (χ0) is 16.1. The number of rotatable bonds is 3. The van der Waals surface area contributed by atoms with Gasteiger partial charge in [0.25, 0.3) is 5.91 Å². The summed E-state index contributed by atoms with van der Waals surface area (Å²) >= 11 is 7.33. The van der Waals surface area contributed by atoms with Gasteiger partial charge in [-0.05, 0) is 37.3 Å². The Labute approximate surface area is 136 Å². The van der Waals surface area contributed by atoms with E-state index in [1.165, 1.54) is 16.2 Å². The fraction of sp³-hybridized carbons (Fsp3) is 0.250. The molecule has 0 bridgehead atoms.